The van der Waals surface area contributed by atoms with Crippen LogP contribution in [0.3, 0.4) is 0 Å². The summed E-state index contributed by atoms with van der Waals surface area (Å²) in [6, 6.07) is 8.32. The van der Waals surface area contributed by atoms with Crippen molar-refractivity contribution >= 4 is 0 Å². The van der Waals surface area contributed by atoms with Crippen LogP contribution in [0, 0.1) is 0 Å². The summed E-state index contributed by atoms with van der Waals surface area (Å²) in [6.07, 6.45) is 3.59. The molecule has 3 nitrogen and oxygen atoms in total. The van der Waals surface area contributed by atoms with Gasteiger partial charge in [0.15, 0.2) is 0 Å². The zero-order valence-corrected chi connectivity index (χ0v) is 11.7. The molecule has 19 heavy (non-hydrogen) atoms. The molecule has 0 bridgehead atoms. The van der Waals surface area contributed by atoms with Gasteiger partial charge < -0.3 is 10.5 Å². The van der Waals surface area contributed by atoms with E-state index >= 15 is 0 Å². The van der Waals surface area contributed by atoms with Gasteiger partial charge in [-0.3, -0.25) is 4.98 Å². The Morgan fingerprint density at radius 3 is 2.63 bits per heavy atom. The lowest BCUT2D eigenvalue weighted by atomic mass is 9.96. The van der Waals surface area contributed by atoms with Gasteiger partial charge in [-0.15, -0.1) is 0 Å². The molecule has 2 aromatic rings. The summed E-state index contributed by atoms with van der Waals surface area (Å²) in [5.41, 5.74) is 10.2. The molecule has 0 unspecified atom stereocenters. The first-order valence-corrected chi connectivity index (χ1v) is 6.48. The molecule has 1 heterocycles. The summed E-state index contributed by atoms with van der Waals surface area (Å²) in [5, 5.41) is 0. The predicted molar refractivity (Wildman–Crippen MR) is 78.2 cm³/mol. The second-order valence-electron chi connectivity index (χ2n) is 4.85. The first-order valence-electron chi connectivity index (χ1n) is 6.48. The number of methoxy groups -OCH3 is 1. The van der Waals surface area contributed by atoms with Gasteiger partial charge in [-0.05, 0) is 34.7 Å². The van der Waals surface area contributed by atoms with E-state index in [0.29, 0.717) is 12.5 Å². The number of nitrogens with zero attached hydrogens (tertiary/aromatic N) is 1. The van der Waals surface area contributed by atoms with E-state index in [1.807, 2.05) is 12.3 Å². The van der Waals surface area contributed by atoms with Crippen molar-refractivity contribution in [1.82, 2.24) is 4.98 Å². The van der Waals surface area contributed by atoms with E-state index < -0.39 is 0 Å². The average molecular weight is 256 g/mol. The summed E-state index contributed by atoms with van der Waals surface area (Å²) < 4.78 is 5.53. The van der Waals surface area contributed by atoms with Crippen molar-refractivity contribution in [3.63, 3.8) is 0 Å². The lowest BCUT2D eigenvalue weighted by Crippen LogP contribution is -2.01. The first-order chi connectivity index (χ1) is 9.17. The molecular formula is C16H20N2O. The molecule has 2 rings (SSSR count). The summed E-state index contributed by atoms with van der Waals surface area (Å²) in [5.74, 6) is 1.36. The fourth-order valence-electron chi connectivity index (χ4n) is 2.14. The maximum Gasteiger partial charge on any atom is 0.126 e. The smallest absolute Gasteiger partial charge is 0.126 e. The monoisotopic (exact) mass is 256 g/mol. The number of hydrogen-bond acceptors (Lipinski definition) is 3. The van der Waals surface area contributed by atoms with E-state index in [1.165, 1.54) is 5.56 Å². The predicted octanol–water partition coefficient (Wildman–Crippen LogP) is 3.34. The van der Waals surface area contributed by atoms with Gasteiger partial charge in [0.25, 0.3) is 0 Å². The topological polar surface area (TPSA) is 48.1 Å². The molecule has 0 atom stereocenters. The molecule has 3 heteroatoms. The lowest BCUT2D eigenvalue weighted by molar-refractivity contribution is 0.415. The molecular weight excluding hydrogens is 236 g/mol. The van der Waals surface area contributed by atoms with Gasteiger partial charge in [0.1, 0.15) is 5.75 Å². The number of rotatable bonds is 4. The van der Waals surface area contributed by atoms with Crippen molar-refractivity contribution in [2.45, 2.75) is 26.3 Å². The summed E-state index contributed by atoms with van der Waals surface area (Å²) in [4.78, 5) is 4.12. The van der Waals surface area contributed by atoms with Crippen molar-refractivity contribution in [2.24, 2.45) is 5.73 Å². The zero-order chi connectivity index (χ0) is 13.8. The highest BCUT2D eigenvalue weighted by atomic mass is 16.5. The van der Waals surface area contributed by atoms with Crippen molar-refractivity contribution < 1.29 is 4.74 Å². The van der Waals surface area contributed by atoms with Crippen LogP contribution < -0.4 is 10.5 Å². The van der Waals surface area contributed by atoms with Gasteiger partial charge in [0.2, 0.25) is 0 Å². The van der Waals surface area contributed by atoms with Crippen LogP contribution in [0.25, 0.3) is 11.1 Å². The zero-order valence-electron chi connectivity index (χ0n) is 11.7. The molecule has 0 aliphatic rings. The van der Waals surface area contributed by atoms with Crippen LogP contribution in [-0.2, 0) is 6.54 Å². The summed E-state index contributed by atoms with van der Waals surface area (Å²) >= 11 is 0. The van der Waals surface area contributed by atoms with Crippen LogP contribution in [0.15, 0.2) is 36.7 Å². The molecule has 2 N–H and O–H groups in total. The summed E-state index contributed by atoms with van der Waals surface area (Å²) in [6.45, 7) is 4.82. The van der Waals surface area contributed by atoms with E-state index in [0.717, 1.165) is 22.4 Å². The number of benzene rings is 1. The van der Waals surface area contributed by atoms with Crippen LogP contribution in [0.1, 0.15) is 30.9 Å². The Labute approximate surface area is 114 Å². The van der Waals surface area contributed by atoms with Crippen molar-refractivity contribution in [2.75, 3.05) is 7.11 Å². The number of pyridine rings is 1. The lowest BCUT2D eigenvalue weighted by Gasteiger charge is -2.14. The molecule has 0 fully saturated rings. The quantitative estimate of drug-likeness (QED) is 0.912. The highest BCUT2D eigenvalue weighted by Gasteiger charge is 2.11. The van der Waals surface area contributed by atoms with Crippen molar-refractivity contribution in [3.8, 4) is 16.9 Å². The Bertz CT molecular complexity index is 564. The molecule has 100 valence electrons. The molecule has 0 amide bonds. The maximum absolute atomic E-state index is 5.78. The van der Waals surface area contributed by atoms with Gasteiger partial charge in [-0.2, -0.15) is 0 Å². The third kappa shape index (κ3) is 2.76. The third-order valence-corrected chi connectivity index (χ3v) is 3.31. The molecule has 1 aromatic heterocycles. The van der Waals surface area contributed by atoms with Crippen LogP contribution in [0.2, 0.25) is 0 Å². The largest absolute Gasteiger partial charge is 0.496 e. The SMILES string of the molecule is COc1cc(C(C)C)ccc1-c1ccncc1CN. The van der Waals surface area contributed by atoms with E-state index in [4.69, 9.17) is 10.5 Å². The summed E-state index contributed by atoms with van der Waals surface area (Å²) in [7, 11) is 1.70. The molecule has 0 radical (unpaired) electrons. The Morgan fingerprint density at radius 1 is 1.21 bits per heavy atom. The molecule has 0 aliphatic heterocycles. The number of nitrogens with two attached hydrogens (primary N) is 1. The molecule has 0 saturated heterocycles. The molecule has 0 saturated carbocycles. The van der Waals surface area contributed by atoms with Crippen LogP contribution in [0.4, 0.5) is 0 Å². The van der Waals surface area contributed by atoms with Gasteiger partial charge in [-0.1, -0.05) is 26.0 Å². The van der Waals surface area contributed by atoms with Crippen LogP contribution in [0.5, 0.6) is 5.75 Å². The van der Waals surface area contributed by atoms with Crippen molar-refractivity contribution in [1.29, 1.82) is 0 Å². The van der Waals surface area contributed by atoms with Gasteiger partial charge in [0, 0.05) is 24.5 Å². The normalized spacial score (nSPS) is 10.8. The average Bonchev–Trinajstić information content (AvgIpc) is 2.46. The van der Waals surface area contributed by atoms with Gasteiger partial charge >= 0.3 is 0 Å². The van der Waals surface area contributed by atoms with Crippen molar-refractivity contribution in [3.05, 3.63) is 47.8 Å². The van der Waals surface area contributed by atoms with Gasteiger partial charge in [-0.25, -0.2) is 0 Å². The molecule has 1 aromatic carbocycles. The Kier molecular flexibility index (Phi) is 4.17. The van der Waals surface area contributed by atoms with Crippen LogP contribution >= 0.6 is 0 Å². The van der Waals surface area contributed by atoms with E-state index in [-0.39, 0.29) is 0 Å². The second kappa shape index (κ2) is 5.85. The van der Waals surface area contributed by atoms with Crippen LogP contribution in [-0.4, -0.2) is 12.1 Å². The number of ether oxygens (including phenoxy) is 1. The number of aromatic nitrogens is 1. The Morgan fingerprint density at radius 2 is 2.00 bits per heavy atom. The number of hydrogen-bond donors (Lipinski definition) is 1. The maximum atomic E-state index is 5.78. The minimum absolute atomic E-state index is 0.470. The fraction of sp³-hybridized carbons (Fsp3) is 0.312. The van der Waals surface area contributed by atoms with Gasteiger partial charge in [0.05, 0.1) is 7.11 Å². The highest BCUT2D eigenvalue weighted by molar-refractivity contribution is 5.73. The Balaban J connectivity index is 2.55. The second-order valence-corrected chi connectivity index (χ2v) is 4.85. The minimum atomic E-state index is 0.470. The molecule has 0 spiro atoms. The highest BCUT2D eigenvalue weighted by Crippen LogP contribution is 2.34. The fourth-order valence-corrected chi connectivity index (χ4v) is 2.14. The Hall–Kier alpha value is -1.87. The molecule has 0 aliphatic carbocycles. The third-order valence-electron chi connectivity index (χ3n) is 3.31. The first kappa shape index (κ1) is 13.6. The van der Waals surface area contributed by atoms with E-state index in [1.54, 1.807) is 13.3 Å². The van der Waals surface area contributed by atoms with E-state index in [2.05, 4.69) is 37.0 Å². The minimum Gasteiger partial charge on any atom is -0.496 e. The van der Waals surface area contributed by atoms with E-state index in [9.17, 15) is 0 Å². The standard InChI is InChI=1S/C16H20N2O/c1-11(2)12-4-5-15(16(8-12)19-3)14-6-7-18-10-13(14)9-17/h4-8,10-11H,9,17H2,1-3H3.